The second-order valence-electron chi connectivity index (χ2n) is 9.22. The summed E-state index contributed by atoms with van der Waals surface area (Å²) in [5.41, 5.74) is 2.40. The summed E-state index contributed by atoms with van der Waals surface area (Å²) in [5, 5.41) is 19.6. The summed E-state index contributed by atoms with van der Waals surface area (Å²) in [5.74, 6) is -0.674. The van der Waals surface area contributed by atoms with E-state index in [0.717, 1.165) is 43.2 Å². The predicted octanol–water partition coefficient (Wildman–Crippen LogP) is 4.87. The molecule has 4 aliphatic carbocycles. The van der Waals surface area contributed by atoms with Gasteiger partial charge in [-0.25, -0.2) is 9.59 Å². The van der Waals surface area contributed by atoms with E-state index in [0.29, 0.717) is 23.0 Å². The summed E-state index contributed by atoms with van der Waals surface area (Å²) in [6, 6.07) is 14.9. The molecule has 6 rings (SSSR count). The topological polar surface area (TPSA) is 74.6 Å². The highest BCUT2D eigenvalue weighted by atomic mass is 16.4. The zero-order chi connectivity index (χ0) is 19.5. The van der Waals surface area contributed by atoms with Gasteiger partial charge in [0.15, 0.2) is 0 Å². The first kappa shape index (κ1) is 17.5. The molecule has 0 saturated heterocycles. The van der Waals surface area contributed by atoms with Gasteiger partial charge in [-0.1, -0.05) is 36.4 Å². The lowest BCUT2D eigenvalue weighted by Crippen LogP contribution is -2.56. The van der Waals surface area contributed by atoms with Gasteiger partial charge in [-0.3, -0.25) is 0 Å². The van der Waals surface area contributed by atoms with E-state index < -0.39 is 11.9 Å². The highest BCUT2D eigenvalue weighted by Crippen LogP contribution is 2.66. The van der Waals surface area contributed by atoms with E-state index in [9.17, 15) is 19.8 Å². The normalized spacial score (nSPS) is 33.0. The largest absolute Gasteiger partial charge is 0.478 e. The first-order valence-corrected chi connectivity index (χ1v) is 10.1. The van der Waals surface area contributed by atoms with Crippen molar-refractivity contribution in [3.63, 3.8) is 0 Å². The Kier molecular flexibility index (Phi) is 3.71. The highest BCUT2D eigenvalue weighted by molar-refractivity contribution is 5.91. The van der Waals surface area contributed by atoms with Crippen molar-refractivity contribution in [2.45, 2.75) is 49.4 Å². The Morgan fingerprint density at radius 1 is 0.714 bits per heavy atom. The van der Waals surface area contributed by atoms with Crippen molar-refractivity contribution in [2.75, 3.05) is 0 Å². The number of benzene rings is 2. The maximum absolute atomic E-state index is 11.9. The number of carbonyl (C=O) groups is 2. The lowest BCUT2D eigenvalue weighted by molar-refractivity contribution is -0.0290. The average molecular weight is 376 g/mol. The molecule has 4 saturated carbocycles. The van der Waals surface area contributed by atoms with Crippen LogP contribution < -0.4 is 0 Å². The van der Waals surface area contributed by atoms with Crippen LogP contribution >= 0.6 is 0 Å². The van der Waals surface area contributed by atoms with Crippen LogP contribution in [0.4, 0.5) is 0 Å². The Balaban J connectivity index is 1.67. The van der Waals surface area contributed by atoms with E-state index in [2.05, 4.69) is 0 Å². The Labute approximate surface area is 164 Å². The quantitative estimate of drug-likeness (QED) is 0.798. The third-order valence-electron chi connectivity index (χ3n) is 7.52. The molecule has 2 N–H and O–H groups in total. The van der Waals surface area contributed by atoms with Crippen molar-refractivity contribution in [1.82, 2.24) is 0 Å². The summed E-state index contributed by atoms with van der Waals surface area (Å²) >= 11 is 0. The van der Waals surface area contributed by atoms with Crippen LogP contribution in [0, 0.1) is 11.8 Å². The summed E-state index contributed by atoms with van der Waals surface area (Å²) in [6.45, 7) is 0. The lowest BCUT2D eigenvalue weighted by atomic mass is 9.41. The molecule has 144 valence electrons. The zero-order valence-electron chi connectivity index (χ0n) is 15.7. The molecule has 4 fully saturated rings. The van der Waals surface area contributed by atoms with Gasteiger partial charge in [-0.2, -0.15) is 0 Å². The number of carboxylic acids is 2. The molecule has 28 heavy (non-hydrogen) atoms. The molecule has 4 nitrogen and oxygen atoms in total. The molecule has 2 aromatic carbocycles. The number of aromatic carboxylic acids is 2. The Morgan fingerprint density at radius 3 is 1.50 bits per heavy atom. The maximum Gasteiger partial charge on any atom is 0.335 e. The van der Waals surface area contributed by atoms with Crippen molar-refractivity contribution in [3.05, 3.63) is 70.8 Å². The third-order valence-corrected chi connectivity index (χ3v) is 7.52. The fourth-order valence-electron chi connectivity index (χ4n) is 7.16. The fourth-order valence-corrected chi connectivity index (χ4v) is 7.16. The van der Waals surface area contributed by atoms with Gasteiger partial charge in [0.05, 0.1) is 11.1 Å². The molecule has 0 amide bonds. The summed E-state index contributed by atoms with van der Waals surface area (Å²) in [6.07, 6.45) is 6.11. The van der Waals surface area contributed by atoms with E-state index in [-0.39, 0.29) is 10.8 Å². The van der Waals surface area contributed by atoms with Crippen LogP contribution in [-0.2, 0) is 10.8 Å². The molecular weight excluding hydrogens is 352 g/mol. The molecule has 0 aliphatic heterocycles. The van der Waals surface area contributed by atoms with Gasteiger partial charge in [0.1, 0.15) is 0 Å². The molecule has 0 atom stereocenters. The number of hydrogen-bond acceptors (Lipinski definition) is 2. The van der Waals surface area contributed by atoms with E-state index in [1.165, 1.54) is 6.42 Å². The number of hydrogen-bond donors (Lipinski definition) is 2. The second kappa shape index (κ2) is 5.94. The van der Waals surface area contributed by atoms with Crippen LogP contribution in [0.25, 0.3) is 0 Å². The molecule has 0 unspecified atom stereocenters. The van der Waals surface area contributed by atoms with Gasteiger partial charge >= 0.3 is 11.9 Å². The van der Waals surface area contributed by atoms with Gasteiger partial charge < -0.3 is 10.2 Å². The van der Waals surface area contributed by atoms with Crippen molar-refractivity contribution in [3.8, 4) is 0 Å². The zero-order valence-corrected chi connectivity index (χ0v) is 15.7. The standard InChI is InChI=1S/C24H24O4/c25-21(26)17-5-1-3-7-19(17)23-10-15-9-16(11-23)13-24(12-15,14-23)20-8-4-2-6-18(20)22(27)28/h1-8,15-16H,9-14H2,(H,25,26)(H,27,28). The monoisotopic (exact) mass is 376 g/mol. The molecule has 4 aliphatic rings. The summed E-state index contributed by atoms with van der Waals surface area (Å²) in [7, 11) is 0. The first-order valence-electron chi connectivity index (χ1n) is 10.1. The van der Waals surface area contributed by atoms with Crippen LogP contribution in [-0.4, -0.2) is 22.2 Å². The van der Waals surface area contributed by atoms with E-state index in [1.807, 2.05) is 24.3 Å². The van der Waals surface area contributed by atoms with Crippen molar-refractivity contribution in [1.29, 1.82) is 0 Å². The minimum absolute atomic E-state index is 0.162. The Bertz CT molecular complexity index is 887. The Morgan fingerprint density at radius 2 is 1.11 bits per heavy atom. The van der Waals surface area contributed by atoms with Gasteiger partial charge in [0.25, 0.3) is 0 Å². The number of carboxylic acid groups (broad SMARTS) is 2. The SMILES string of the molecule is O=C(O)c1ccccc1C12CC3CC(C1)CC(c1ccccc1C(=O)O)(C3)C2. The van der Waals surface area contributed by atoms with Gasteiger partial charge in [-0.15, -0.1) is 0 Å². The molecule has 4 heteroatoms. The van der Waals surface area contributed by atoms with Gasteiger partial charge in [0, 0.05) is 0 Å². The molecule has 0 aromatic heterocycles. The molecule has 0 radical (unpaired) electrons. The molecular formula is C24H24O4. The molecule has 0 heterocycles. The van der Waals surface area contributed by atoms with Crippen molar-refractivity contribution in [2.24, 2.45) is 11.8 Å². The van der Waals surface area contributed by atoms with Gasteiger partial charge in [0.2, 0.25) is 0 Å². The second-order valence-corrected chi connectivity index (χ2v) is 9.22. The molecule has 0 spiro atoms. The summed E-state index contributed by atoms with van der Waals surface area (Å²) in [4.78, 5) is 23.9. The van der Waals surface area contributed by atoms with Crippen LogP contribution in [0.15, 0.2) is 48.5 Å². The predicted molar refractivity (Wildman–Crippen MR) is 105 cm³/mol. The molecule has 4 bridgehead atoms. The van der Waals surface area contributed by atoms with Crippen LogP contribution in [0.1, 0.15) is 70.4 Å². The smallest absolute Gasteiger partial charge is 0.335 e. The highest BCUT2D eigenvalue weighted by Gasteiger charge is 2.59. The Hall–Kier alpha value is -2.62. The van der Waals surface area contributed by atoms with Gasteiger partial charge in [-0.05, 0) is 84.5 Å². The molecule has 2 aromatic rings. The van der Waals surface area contributed by atoms with Crippen LogP contribution in [0.5, 0.6) is 0 Å². The van der Waals surface area contributed by atoms with E-state index in [1.54, 1.807) is 24.3 Å². The minimum atomic E-state index is -0.869. The van der Waals surface area contributed by atoms with Crippen molar-refractivity contribution >= 4 is 11.9 Å². The maximum atomic E-state index is 11.9. The van der Waals surface area contributed by atoms with E-state index in [4.69, 9.17) is 0 Å². The lowest BCUT2D eigenvalue weighted by Gasteiger charge is -2.63. The average Bonchev–Trinajstić information content (AvgIpc) is 2.67. The van der Waals surface area contributed by atoms with Crippen LogP contribution in [0.2, 0.25) is 0 Å². The fraction of sp³-hybridized carbons (Fsp3) is 0.417. The minimum Gasteiger partial charge on any atom is -0.478 e. The van der Waals surface area contributed by atoms with Crippen LogP contribution in [0.3, 0.4) is 0 Å². The van der Waals surface area contributed by atoms with E-state index >= 15 is 0 Å². The summed E-state index contributed by atoms with van der Waals surface area (Å²) < 4.78 is 0. The first-order chi connectivity index (χ1) is 13.4. The number of rotatable bonds is 4. The van der Waals surface area contributed by atoms with Crippen molar-refractivity contribution < 1.29 is 19.8 Å². The third kappa shape index (κ3) is 2.43.